The predicted molar refractivity (Wildman–Crippen MR) is 130 cm³/mol. The molecule has 5 heterocycles. The van der Waals surface area contributed by atoms with Gasteiger partial charge in [-0.15, -0.1) is 11.3 Å². The second-order valence-electron chi connectivity index (χ2n) is 7.74. The fraction of sp³-hybridized carbons (Fsp3) is 0.217. The van der Waals surface area contributed by atoms with Crippen LogP contribution in [0.2, 0.25) is 5.02 Å². The molecule has 9 nitrogen and oxygen atoms in total. The molecule has 0 bridgehead atoms. The van der Waals surface area contributed by atoms with Gasteiger partial charge >= 0.3 is 5.69 Å². The Morgan fingerprint density at radius 3 is 2.74 bits per heavy atom. The number of hydrogen-bond acceptors (Lipinski definition) is 7. The van der Waals surface area contributed by atoms with Crippen molar-refractivity contribution in [1.82, 2.24) is 34.0 Å². The predicted octanol–water partition coefficient (Wildman–Crippen LogP) is 3.43. The number of halogens is 1. The van der Waals surface area contributed by atoms with Crippen LogP contribution in [-0.2, 0) is 19.5 Å². The zero-order valence-electron chi connectivity index (χ0n) is 17.2. The topological polar surface area (TPSA) is 98.3 Å². The molecule has 0 N–H and O–H groups in total. The molecule has 0 saturated heterocycles. The fourth-order valence-corrected chi connectivity index (χ4v) is 5.70. The van der Waals surface area contributed by atoms with Gasteiger partial charge in [0.15, 0.2) is 5.65 Å². The molecule has 0 radical (unpaired) electrons. The lowest BCUT2D eigenvalue weighted by molar-refractivity contribution is 0.0731. The minimum Gasteiger partial charge on any atom is -0.332 e. The van der Waals surface area contributed by atoms with Crippen molar-refractivity contribution < 1.29 is 4.79 Å². The molecule has 0 fully saturated rings. The van der Waals surface area contributed by atoms with E-state index >= 15 is 0 Å². The molecule has 5 aromatic rings. The minimum atomic E-state index is -0.254. The van der Waals surface area contributed by atoms with E-state index in [0.717, 1.165) is 26.2 Å². The molecule has 0 unspecified atom stereocenters. The largest absolute Gasteiger partial charge is 0.352 e. The first-order valence-electron chi connectivity index (χ1n) is 10.3. The molecule has 11 heteroatoms. The zero-order valence-corrected chi connectivity index (χ0v) is 18.8. The maximum Gasteiger partial charge on any atom is 0.352 e. The van der Waals surface area contributed by atoms with Crippen molar-refractivity contribution in [2.24, 2.45) is 0 Å². The Kier molecular flexibility index (Phi) is 5.62. The standard InChI is InChI=1S/C22H16ClN7O2S.CH4/c23-14-3-1-13(2-4-14)10-29-21-18(19-26-12-27-30(19)22(29)32)15-5-8-28(11-17(15)33-21)20(31)16-9-24-6-7-25-16;/h1-4,6-7,9,12H,5,8,10-11H2;1H4. The third kappa shape index (κ3) is 3.55. The van der Waals surface area contributed by atoms with Gasteiger partial charge in [0.25, 0.3) is 5.91 Å². The number of amides is 1. The van der Waals surface area contributed by atoms with E-state index in [1.807, 2.05) is 24.3 Å². The van der Waals surface area contributed by atoms with E-state index in [-0.39, 0.29) is 19.0 Å². The highest BCUT2D eigenvalue weighted by molar-refractivity contribution is 7.19. The fourth-order valence-electron chi connectivity index (χ4n) is 4.22. The van der Waals surface area contributed by atoms with Crippen LogP contribution in [0.4, 0.5) is 0 Å². The summed E-state index contributed by atoms with van der Waals surface area (Å²) < 4.78 is 3.07. The minimum absolute atomic E-state index is 0. The van der Waals surface area contributed by atoms with Gasteiger partial charge < -0.3 is 4.90 Å². The van der Waals surface area contributed by atoms with Crippen molar-refractivity contribution in [1.29, 1.82) is 0 Å². The Bertz CT molecular complexity index is 1570. The lowest BCUT2D eigenvalue weighted by Gasteiger charge is -2.26. The van der Waals surface area contributed by atoms with E-state index in [1.54, 1.807) is 15.7 Å². The number of rotatable bonds is 3. The van der Waals surface area contributed by atoms with Crippen LogP contribution in [-0.4, -0.2) is 46.5 Å². The summed E-state index contributed by atoms with van der Waals surface area (Å²) in [4.78, 5) is 42.3. The number of carbonyl (C=O) groups is 1. The Morgan fingerprint density at radius 1 is 1.15 bits per heavy atom. The van der Waals surface area contributed by atoms with Gasteiger partial charge in [-0.3, -0.25) is 14.3 Å². The van der Waals surface area contributed by atoms with Crippen LogP contribution in [0.25, 0.3) is 15.9 Å². The average molecular weight is 494 g/mol. The van der Waals surface area contributed by atoms with Crippen molar-refractivity contribution in [2.45, 2.75) is 26.9 Å². The lowest BCUT2D eigenvalue weighted by Crippen LogP contribution is -2.35. The monoisotopic (exact) mass is 493 g/mol. The molecule has 1 aliphatic heterocycles. The normalized spacial score (nSPS) is 13.1. The maximum atomic E-state index is 13.3. The van der Waals surface area contributed by atoms with Crippen molar-refractivity contribution in [3.8, 4) is 0 Å². The van der Waals surface area contributed by atoms with Crippen molar-refractivity contribution >= 4 is 44.7 Å². The van der Waals surface area contributed by atoms with Gasteiger partial charge in [-0.1, -0.05) is 31.2 Å². The van der Waals surface area contributed by atoms with E-state index in [2.05, 4.69) is 20.1 Å². The number of carbonyl (C=O) groups excluding carboxylic acids is 1. The Labute approximate surface area is 203 Å². The summed E-state index contributed by atoms with van der Waals surface area (Å²) in [5.41, 5.74) is 2.68. The highest BCUT2D eigenvalue weighted by atomic mass is 35.5. The molecular weight excluding hydrogens is 474 g/mol. The number of thiophene rings is 1. The number of aromatic nitrogens is 6. The summed E-state index contributed by atoms with van der Waals surface area (Å²) in [6.45, 7) is 1.37. The SMILES string of the molecule is C.O=C(c1cnccn1)N1CCc2c(sc3c2c2ncnn2c(=O)n3Cc2ccc(Cl)cc2)C1. The molecule has 0 spiro atoms. The molecule has 0 atom stereocenters. The maximum absolute atomic E-state index is 13.3. The Hall–Kier alpha value is -3.63. The van der Waals surface area contributed by atoms with Crippen molar-refractivity contribution in [3.05, 3.63) is 86.4 Å². The van der Waals surface area contributed by atoms with Crippen LogP contribution in [0.1, 0.15) is 33.9 Å². The van der Waals surface area contributed by atoms with Gasteiger partial charge in [0.1, 0.15) is 16.9 Å². The summed E-state index contributed by atoms with van der Waals surface area (Å²) in [6.07, 6.45) is 6.59. The van der Waals surface area contributed by atoms with Crippen LogP contribution >= 0.6 is 22.9 Å². The molecule has 0 aliphatic carbocycles. The van der Waals surface area contributed by atoms with Crippen LogP contribution in [0, 0.1) is 0 Å². The summed E-state index contributed by atoms with van der Waals surface area (Å²) in [6, 6.07) is 7.42. The second-order valence-corrected chi connectivity index (χ2v) is 9.26. The van der Waals surface area contributed by atoms with Gasteiger partial charge in [0.05, 0.1) is 24.7 Å². The molecule has 34 heavy (non-hydrogen) atoms. The van der Waals surface area contributed by atoms with Crippen LogP contribution in [0.3, 0.4) is 0 Å². The Balaban J connectivity index is 0.00000241. The first-order valence-corrected chi connectivity index (χ1v) is 11.5. The van der Waals surface area contributed by atoms with E-state index in [4.69, 9.17) is 11.6 Å². The first kappa shape index (κ1) is 22.2. The molecule has 6 rings (SSSR count). The molecular formula is C23H20ClN7O2S. The average Bonchev–Trinajstić information content (AvgIpc) is 3.47. The summed E-state index contributed by atoms with van der Waals surface area (Å²) in [5, 5.41) is 5.74. The van der Waals surface area contributed by atoms with Crippen LogP contribution in [0.15, 0.2) is 54.0 Å². The molecule has 1 aliphatic rings. The lowest BCUT2D eigenvalue weighted by atomic mass is 10.0. The van der Waals surface area contributed by atoms with Gasteiger partial charge in [-0.2, -0.15) is 9.61 Å². The van der Waals surface area contributed by atoms with Gasteiger partial charge in [0.2, 0.25) is 0 Å². The van der Waals surface area contributed by atoms with E-state index in [9.17, 15) is 9.59 Å². The highest BCUT2D eigenvalue weighted by Crippen LogP contribution is 2.37. The smallest absolute Gasteiger partial charge is 0.332 e. The van der Waals surface area contributed by atoms with E-state index in [0.29, 0.717) is 42.4 Å². The van der Waals surface area contributed by atoms with Crippen molar-refractivity contribution in [3.63, 3.8) is 0 Å². The van der Waals surface area contributed by atoms with E-state index in [1.165, 1.54) is 34.6 Å². The summed E-state index contributed by atoms with van der Waals surface area (Å²) >= 11 is 7.55. The summed E-state index contributed by atoms with van der Waals surface area (Å²) in [7, 11) is 0. The van der Waals surface area contributed by atoms with Gasteiger partial charge in [-0.25, -0.2) is 14.8 Å². The van der Waals surface area contributed by atoms with Crippen molar-refractivity contribution in [2.75, 3.05) is 6.54 Å². The molecule has 172 valence electrons. The molecule has 4 aromatic heterocycles. The number of nitrogens with zero attached hydrogens (tertiary/aromatic N) is 7. The highest BCUT2D eigenvalue weighted by Gasteiger charge is 2.29. The summed E-state index contributed by atoms with van der Waals surface area (Å²) in [5.74, 6) is -0.155. The van der Waals surface area contributed by atoms with E-state index < -0.39 is 0 Å². The quantitative estimate of drug-likeness (QED) is 0.382. The van der Waals surface area contributed by atoms with Gasteiger partial charge in [-0.05, 0) is 29.7 Å². The number of hydrogen-bond donors (Lipinski definition) is 0. The first-order chi connectivity index (χ1) is 16.1. The zero-order chi connectivity index (χ0) is 22.5. The number of fused-ring (bicyclic) bond motifs is 5. The number of benzene rings is 1. The van der Waals surface area contributed by atoms with Gasteiger partial charge in [0, 0.05) is 28.8 Å². The third-order valence-corrected chi connectivity index (χ3v) is 7.28. The third-order valence-electron chi connectivity index (χ3n) is 5.79. The second kappa shape index (κ2) is 8.62. The molecule has 0 saturated carbocycles. The molecule has 1 amide bonds. The molecule has 1 aromatic carbocycles. The van der Waals surface area contributed by atoms with Crippen LogP contribution < -0.4 is 5.69 Å². The Morgan fingerprint density at radius 2 is 1.97 bits per heavy atom. The van der Waals surface area contributed by atoms with Crippen LogP contribution in [0.5, 0.6) is 0 Å².